The van der Waals surface area contributed by atoms with Gasteiger partial charge in [0.05, 0.1) is 0 Å². The molecule has 1 aromatic heterocycles. The van der Waals surface area contributed by atoms with Gasteiger partial charge in [-0.05, 0) is 32.1 Å². The highest BCUT2D eigenvalue weighted by Gasteiger charge is 2.42. The fraction of sp³-hybridized carbons (Fsp3) is 0.643. The minimum absolute atomic E-state index is 0.0760. The van der Waals surface area contributed by atoms with Gasteiger partial charge in [-0.25, -0.2) is 14.8 Å². The summed E-state index contributed by atoms with van der Waals surface area (Å²) in [5.41, 5.74) is 0. The highest BCUT2D eigenvalue weighted by molar-refractivity contribution is 6.33. The molecule has 3 heterocycles. The molecule has 3 atom stereocenters. The van der Waals surface area contributed by atoms with E-state index in [4.69, 9.17) is 23.2 Å². The highest BCUT2D eigenvalue weighted by atomic mass is 35.5. The number of nitrogens with zero attached hydrogens (tertiary/aromatic N) is 4. The van der Waals surface area contributed by atoms with Gasteiger partial charge in [-0.15, -0.1) is 0 Å². The normalized spacial score (nSPS) is 27.6. The number of aromatic nitrogens is 2. The molecule has 0 aliphatic carbocycles. The second kappa shape index (κ2) is 6.08. The molecule has 8 heteroatoms. The number of halogens is 2. The third-order valence-corrected chi connectivity index (χ3v) is 5.07. The predicted octanol–water partition coefficient (Wildman–Crippen LogP) is 3.28. The molecular weight excluding hydrogens is 327 g/mol. The van der Waals surface area contributed by atoms with E-state index in [9.17, 15) is 9.90 Å². The van der Waals surface area contributed by atoms with Crippen LogP contribution in [-0.4, -0.2) is 51.2 Å². The van der Waals surface area contributed by atoms with Crippen LogP contribution in [0.5, 0.6) is 0 Å². The van der Waals surface area contributed by atoms with Crippen molar-refractivity contribution in [3.8, 4) is 0 Å². The van der Waals surface area contributed by atoms with Crippen LogP contribution in [0, 0.1) is 0 Å². The first-order valence-corrected chi connectivity index (χ1v) is 8.15. The summed E-state index contributed by atoms with van der Waals surface area (Å²) in [5, 5.41) is 10.0. The van der Waals surface area contributed by atoms with Crippen molar-refractivity contribution in [3.05, 3.63) is 16.4 Å². The number of fused-ring (bicyclic) bond motifs is 2. The van der Waals surface area contributed by atoms with E-state index in [2.05, 4.69) is 9.97 Å². The summed E-state index contributed by atoms with van der Waals surface area (Å²) in [7, 11) is 1.92. The Bertz CT molecular complexity index is 552. The molecule has 0 saturated carbocycles. The molecule has 22 heavy (non-hydrogen) atoms. The highest BCUT2D eigenvalue weighted by Crippen LogP contribution is 2.36. The van der Waals surface area contributed by atoms with E-state index < -0.39 is 6.09 Å². The molecule has 2 aliphatic rings. The van der Waals surface area contributed by atoms with Gasteiger partial charge in [0.2, 0.25) is 5.95 Å². The van der Waals surface area contributed by atoms with Gasteiger partial charge in [0.15, 0.2) is 0 Å². The maximum absolute atomic E-state index is 11.5. The third kappa shape index (κ3) is 2.94. The standard InChI is InChI=1S/C14H18Cl2N4O2/c1-19(13-17-11(15)7-12(16)18-13)10-5-8-3-2-4-9(6-10)20(8)14(21)22/h7-10H,2-6H2,1H3,(H,21,22)/t8-,9+,10+. The van der Waals surface area contributed by atoms with E-state index in [1.54, 1.807) is 4.90 Å². The van der Waals surface area contributed by atoms with Crippen molar-refractivity contribution in [1.82, 2.24) is 14.9 Å². The summed E-state index contributed by atoms with van der Waals surface area (Å²) in [6.45, 7) is 0. The van der Waals surface area contributed by atoms with Gasteiger partial charge in [0.25, 0.3) is 0 Å². The van der Waals surface area contributed by atoms with Crippen LogP contribution >= 0.6 is 23.2 Å². The quantitative estimate of drug-likeness (QED) is 0.833. The Morgan fingerprint density at radius 2 is 1.82 bits per heavy atom. The first-order valence-electron chi connectivity index (χ1n) is 7.40. The van der Waals surface area contributed by atoms with Crippen molar-refractivity contribution < 1.29 is 9.90 Å². The van der Waals surface area contributed by atoms with E-state index in [1.807, 2.05) is 11.9 Å². The summed E-state index contributed by atoms with van der Waals surface area (Å²) in [5.74, 6) is 0.490. The lowest BCUT2D eigenvalue weighted by molar-refractivity contribution is 0.0351. The number of hydrogen-bond acceptors (Lipinski definition) is 4. The van der Waals surface area contributed by atoms with Gasteiger partial charge in [-0.2, -0.15) is 0 Å². The summed E-state index contributed by atoms with van der Waals surface area (Å²) < 4.78 is 0. The number of amides is 1. The van der Waals surface area contributed by atoms with Crippen molar-refractivity contribution in [2.24, 2.45) is 0 Å². The predicted molar refractivity (Wildman–Crippen MR) is 84.8 cm³/mol. The Hall–Kier alpha value is -1.27. The molecule has 2 fully saturated rings. The van der Waals surface area contributed by atoms with E-state index in [0.29, 0.717) is 16.3 Å². The fourth-order valence-electron chi connectivity index (χ4n) is 3.68. The van der Waals surface area contributed by atoms with Gasteiger partial charge in [0.1, 0.15) is 10.3 Å². The van der Waals surface area contributed by atoms with Crippen molar-refractivity contribution in [2.45, 2.75) is 50.2 Å². The molecule has 6 nitrogen and oxygen atoms in total. The zero-order valence-electron chi connectivity index (χ0n) is 12.2. The number of carbonyl (C=O) groups is 1. The van der Waals surface area contributed by atoms with E-state index in [-0.39, 0.29) is 18.1 Å². The first kappa shape index (κ1) is 15.6. The van der Waals surface area contributed by atoms with Gasteiger partial charge in [-0.1, -0.05) is 23.2 Å². The minimum atomic E-state index is -0.808. The number of anilines is 1. The second-order valence-electron chi connectivity index (χ2n) is 5.98. The van der Waals surface area contributed by atoms with Crippen LogP contribution in [0.2, 0.25) is 10.3 Å². The number of rotatable bonds is 2. The largest absolute Gasteiger partial charge is 0.465 e. The van der Waals surface area contributed by atoms with Crippen LogP contribution in [0.4, 0.5) is 10.7 Å². The third-order valence-electron chi connectivity index (χ3n) is 4.69. The molecule has 1 aromatic rings. The van der Waals surface area contributed by atoms with Gasteiger partial charge < -0.3 is 14.9 Å². The average Bonchev–Trinajstić information content (AvgIpc) is 2.43. The Balaban J connectivity index is 1.80. The van der Waals surface area contributed by atoms with Crippen LogP contribution in [0.1, 0.15) is 32.1 Å². The van der Waals surface area contributed by atoms with Gasteiger partial charge in [0, 0.05) is 31.2 Å². The molecule has 2 saturated heterocycles. The maximum Gasteiger partial charge on any atom is 0.407 e. The molecular formula is C14H18Cl2N4O2. The molecule has 2 bridgehead atoms. The lowest BCUT2D eigenvalue weighted by Crippen LogP contribution is -2.58. The minimum Gasteiger partial charge on any atom is -0.465 e. The molecule has 1 amide bonds. The van der Waals surface area contributed by atoms with Gasteiger partial charge >= 0.3 is 6.09 Å². The summed E-state index contributed by atoms with van der Waals surface area (Å²) >= 11 is 11.9. The molecule has 120 valence electrons. The topological polar surface area (TPSA) is 69.6 Å². The fourth-order valence-corrected chi connectivity index (χ4v) is 4.09. The van der Waals surface area contributed by atoms with Crippen LogP contribution < -0.4 is 4.90 Å². The smallest absolute Gasteiger partial charge is 0.407 e. The van der Waals surface area contributed by atoms with Crippen LogP contribution in [-0.2, 0) is 0 Å². The lowest BCUT2D eigenvalue weighted by atomic mass is 9.81. The first-order chi connectivity index (χ1) is 10.5. The van der Waals surface area contributed by atoms with Crippen molar-refractivity contribution in [2.75, 3.05) is 11.9 Å². The number of hydrogen-bond donors (Lipinski definition) is 1. The SMILES string of the molecule is CN(c1nc(Cl)cc(Cl)n1)[C@H]1C[C@H]2CCC[C@@H](C1)N2C(=O)O. The Morgan fingerprint density at radius 3 is 2.32 bits per heavy atom. The number of carboxylic acid groups (broad SMARTS) is 1. The Kier molecular flexibility index (Phi) is 4.32. The van der Waals surface area contributed by atoms with Crippen molar-refractivity contribution in [1.29, 1.82) is 0 Å². The Morgan fingerprint density at radius 1 is 1.27 bits per heavy atom. The molecule has 2 aliphatic heterocycles. The second-order valence-corrected chi connectivity index (χ2v) is 6.75. The Labute approximate surface area is 139 Å². The maximum atomic E-state index is 11.5. The summed E-state index contributed by atoms with van der Waals surface area (Å²) in [6, 6.07) is 1.85. The van der Waals surface area contributed by atoms with E-state index >= 15 is 0 Å². The zero-order chi connectivity index (χ0) is 15.9. The molecule has 3 rings (SSSR count). The molecule has 0 radical (unpaired) electrons. The van der Waals surface area contributed by atoms with Crippen molar-refractivity contribution in [3.63, 3.8) is 0 Å². The van der Waals surface area contributed by atoms with E-state index in [1.165, 1.54) is 6.07 Å². The van der Waals surface area contributed by atoms with Crippen molar-refractivity contribution >= 4 is 35.2 Å². The monoisotopic (exact) mass is 344 g/mol. The van der Waals surface area contributed by atoms with Crippen LogP contribution in [0.25, 0.3) is 0 Å². The molecule has 0 spiro atoms. The van der Waals surface area contributed by atoms with Crippen LogP contribution in [0.15, 0.2) is 6.07 Å². The van der Waals surface area contributed by atoms with Gasteiger partial charge in [-0.3, -0.25) is 0 Å². The summed E-state index contributed by atoms with van der Waals surface area (Å²) in [4.78, 5) is 23.5. The zero-order valence-corrected chi connectivity index (χ0v) is 13.8. The van der Waals surface area contributed by atoms with Crippen LogP contribution in [0.3, 0.4) is 0 Å². The van der Waals surface area contributed by atoms with E-state index in [0.717, 1.165) is 32.1 Å². The molecule has 0 unspecified atom stereocenters. The summed E-state index contributed by atoms with van der Waals surface area (Å²) in [6.07, 6.45) is 3.70. The average molecular weight is 345 g/mol. The molecule has 0 aromatic carbocycles. The molecule has 1 N–H and O–H groups in total. The number of piperidine rings is 2. The lowest BCUT2D eigenvalue weighted by Gasteiger charge is -2.49.